The highest BCUT2D eigenvalue weighted by Gasteiger charge is 2.29. The molecule has 0 radical (unpaired) electrons. The number of hydrogen-bond acceptors (Lipinski definition) is 7. The zero-order chi connectivity index (χ0) is 18.6. The molecular weight excluding hydrogens is 348 g/mol. The van der Waals surface area contributed by atoms with Gasteiger partial charge in [-0.15, -0.1) is 0 Å². The molecule has 1 aliphatic rings. The summed E-state index contributed by atoms with van der Waals surface area (Å²) in [6, 6.07) is 5.35. The molecule has 1 fully saturated rings. The van der Waals surface area contributed by atoms with Crippen molar-refractivity contribution in [3.63, 3.8) is 0 Å². The number of amides is 1. The minimum atomic E-state index is -0.665. The van der Waals surface area contributed by atoms with E-state index < -0.39 is 6.10 Å². The second kappa shape index (κ2) is 7.68. The minimum absolute atomic E-state index is 0.244. The van der Waals surface area contributed by atoms with Gasteiger partial charge in [0.2, 0.25) is 0 Å². The molecule has 2 atom stereocenters. The Morgan fingerprint density at radius 1 is 1.33 bits per heavy atom. The van der Waals surface area contributed by atoms with Crippen LogP contribution >= 0.6 is 0 Å². The lowest BCUT2D eigenvalue weighted by atomic mass is 10.0. The van der Waals surface area contributed by atoms with E-state index in [1.54, 1.807) is 6.20 Å². The Balaban J connectivity index is 1.32. The summed E-state index contributed by atoms with van der Waals surface area (Å²) in [4.78, 5) is 22.2. The van der Waals surface area contributed by atoms with Gasteiger partial charge < -0.3 is 14.8 Å². The zero-order valence-corrected chi connectivity index (χ0v) is 14.6. The van der Waals surface area contributed by atoms with Gasteiger partial charge in [0.05, 0.1) is 24.9 Å². The van der Waals surface area contributed by atoms with Crippen molar-refractivity contribution >= 4 is 5.91 Å². The summed E-state index contributed by atoms with van der Waals surface area (Å²) in [5.74, 6) is 1.22. The van der Waals surface area contributed by atoms with Crippen LogP contribution in [0.4, 0.5) is 0 Å². The maximum absolute atomic E-state index is 12.2. The van der Waals surface area contributed by atoms with Crippen LogP contribution in [0.15, 0.2) is 47.4 Å². The first kappa shape index (κ1) is 17.4. The average Bonchev–Trinajstić information content (AvgIpc) is 3.36. The number of aliphatic hydroxyl groups excluding tert-OH is 1. The Hall–Kier alpha value is -3.04. The van der Waals surface area contributed by atoms with Crippen LogP contribution in [-0.4, -0.2) is 61.3 Å². The largest absolute Gasteiger partial charge is 0.458 e. The van der Waals surface area contributed by atoms with E-state index in [1.807, 2.05) is 18.2 Å². The first-order chi connectivity index (χ1) is 13.2. The van der Waals surface area contributed by atoms with E-state index in [0.717, 1.165) is 23.8 Å². The molecule has 0 unspecified atom stereocenters. The Bertz CT molecular complexity index is 880. The lowest BCUT2D eigenvalue weighted by Gasteiger charge is -2.35. The fraction of sp³-hybridized carbons (Fsp3) is 0.333. The number of piperidine rings is 1. The van der Waals surface area contributed by atoms with Crippen molar-refractivity contribution in [2.24, 2.45) is 0 Å². The number of likely N-dealkylation sites (tertiary alicyclic amines) is 1. The van der Waals surface area contributed by atoms with Gasteiger partial charge in [0, 0.05) is 31.7 Å². The standard InChI is InChI=1S/C18H20N6O3/c25-16-11-24(10-12-1-2-17(27-12)14-3-5-21-23-14)8-4-13(16)22-18(26)15-9-19-6-7-20-15/h1-3,5-7,9,13,16,25H,4,8,10-11H2,(H,21,23)(H,22,26)/t13-,16-/m1/s1. The summed E-state index contributed by atoms with van der Waals surface area (Å²) in [5, 5.41) is 20.1. The molecule has 0 spiro atoms. The number of carbonyl (C=O) groups is 1. The van der Waals surface area contributed by atoms with Crippen molar-refractivity contribution in [3.05, 3.63) is 54.4 Å². The highest BCUT2D eigenvalue weighted by Crippen LogP contribution is 2.22. The van der Waals surface area contributed by atoms with Gasteiger partial charge in [-0.3, -0.25) is 19.8 Å². The van der Waals surface area contributed by atoms with Crippen LogP contribution < -0.4 is 5.32 Å². The quantitative estimate of drug-likeness (QED) is 0.610. The minimum Gasteiger partial charge on any atom is -0.458 e. The number of hydrogen-bond donors (Lipinski definition) is 3. The Labute approximate surface area is 155 Å². The lowest BCUT2D eigenvalue weighted by molar-refractivity contribution is 0.0325. The molecule has 27 heavy (non-hydrogen) atoms. The van der Waals surface area contributed by atoms with E-state index in [-0.39, 0.29) is 17.6 Å². The Morgan fingerprint density at radius 3 is 3.00 bits per heavy atom. The molecular formula is C18H20N6O3. The van der Waals surface area contributed by atoms with E-state index in [0.29, 0.717) is 19.5 Å². The third-order valence-corrected chi connectivity index (χ3v) is 4.59. The maximum atomic E-state index is 12.2. The summed E-state index contributed by atoms with van der Waals surface area (Å²) in [6.07, 6.45) is 6.03. The predicted octanol–water partition coefficient (Wildman–Crippen LogP) is 0.825. The molecule has 4 heterocycles. The number of aromatic nitrogens is 4. The van der Waals surface area contributed by atoms with Gasteiger partial charge in [-0.05, 0) is 24.6 Å². The zero-order valence-electron chi connectivity index (χ0n) is 14.6. The molecule has 0 bridgehead atoms. The van der Waals surface area contributed by atoms with Crippen molar-refractivity contribution < 1.29 is 14.3 Å². The van der Waals surface area contributed by atoms with E-state index in [9.17, 15) is 9.90 Å². The van der Waals surface area contributed by atoms with Crippen LogP contribution in [0, 0.1) is 0 Å². The SMILES string of the molecule is O=C(N[C@@H]1CCN(Cc2ccc(-c3ccn[nH]3)o2)C[C@H]1O)c1cnccn1. The molecule has 3 N–H and O–H groups in total. The van der Waals surface area contributed by atoms with Crippen LogP contribution in [0.5, 0.6) is 0 Å². The molecule has 9 nitrogen and oxygen atoms in total. The van der Waals surface area contributed by atoms with E-state index in [4.69, 9.17) is 4.42 Å². The van der Waals surface area contributed by atoms with Crippen molar-refractivity contribution in [2.75, 3.05) is 13.1 Å². The highest BCUT2D eigenvalue weighted by molar-refractivity contribution is 5.92. The molecule has 140 valence electrons. The Morgan fingerprint density at radius 2 is 2.26 bits per heavy atom. The van der Waals surface area contributed by atoms with E-state index >= 15 is 0 Å². The first-order valence-corrected chi connectivity index (χ1v) is 8.75. The summed E-state index contributed by atoms with van der Waals surface area (Å²) >= 11 is 0. The van der Waals surface area contributed by atoms with Crippen molar-refractivity contribution in [1.29, 1.82) is 0 Å². The molecule has 3 aromatic rings. The van der Waals surface area contributed by atoms with Gasteiger partial charge in [-0.25, -0.2) is 4.98 Å². The number of aromatic amines is 1. The summed E-state index contributed by atoms with van der Waals surface area (Å²) < 4.78 is 5.84. The Kier molecular flexibility index (Phi) is 4.95. The molecule has 0 saturated carbocycles. The number of rotatable bonds is 5. The number of furan rings is 1. The summed E-state index contributed by atoms with van der Waals surface area (Å²) in [7, 11) is 0. The van der Waals surface area contributed by atoms with Crippen molar-refractivity contribution in [1.82, 2.24) is 30.4 Å². The van der Waals surface area contributed by atoms with Gasteiger partial charge in [-0.2, -0.15) is 5.10 Å². The normalized spacial score (nSPS) is 20.5. The number of nitrogens with zero attached hydrogens (tertiary/aromatic N) is 4. The van der Waals surface area contributed by atoms with Crippen LogP contribution in [0.2, 0.25) is 0 Å². The first-order valence-electron chi connectivity index (χ1n) is 8.75. The molecule has 3 aromatic heterocycles. The highest BCUT2D eigenvalue weighted by atomic mass is 16.3. The monoisotopic (exact) mass is 368 g/mol. The maximum Gasteiger partial charge on any atom is 0.271 e. The molecule has 1 amide bonds. The van der Waals surface area contributed by atoms with Gasteiger partial charge in [0.15, 0.2) is 5.76 Å². The fourth-order valence-corrected chi connectivity index (χ4v) is 3.19. The summed E-state index contributed by atoms with van der Waals surface area (Å²) in [5.41, 5.74) is 1.07. The number of nitrogens with one attached hydrogen (secondary N) is 2. The van der Waals surface area contributed by atoms with Gasteiger partial charge in [0.25, 0.3) is 5.91 Å². The van der Waals surface area contributed by atoms with E-state index in [1.165, 1.54) is 18.6 Å². The van der Waals surface area contributed by atoms with Crippen molar-refractivity contribution in [3.8, 4) is 11.5 Å². The topological polar surface area (TPSA) is 120 Å². The molecule has 0 aromatic carbocycles. The van der Waals surface area contributed by atoms with Gasteiger partial charge >= 0.3 is 0 Å². The van der Waals surface area contributed by atoms with Crippen molar-refractivity contribution in [2.45, 2.75) is 25.1 Å². The molecule has 0 aliphatic carbocycles. The lowest BCUT2D eigenvalue weighted by Crippen LogP contribution is -2.53. The van der Waals surface area contributed by atoms with Gasteiger partial charge in [0.1, 0.15) is 17.1 Å². The summed E-state index contributed by atoms with van der Waals surface area (Å²) in [6.45, 7) is 1.78. The third-order valence-electron chi connectivity index (χ3n) is 4.59. The number of carbonyl (C=O) groups excluding carboxylic acids is 1. The smallest absolute Gasteiger partial charge is 0.271 e. The third kappa shape index (κ3) is 4.04. The molecule has 1 saturated heterocycles. The number of aliphatic hydroxyl groups is 1. The van der Waals surface area contributed by atoms with Crippen LogP contribution in [0.3, 0.4) is 0 Å². The number of H-pyrrole nitrogens is 1. The van der Waals surface area contributed by atoms with Crippen LogP contribution in [0.1, 0.15) is 22.7 Å². The van der Waals surface area contributed by atoms with Gasteiger partial charge in [-0.1, -0.05) is 0 Å². The molecule has 4 rings (SSSR count). The van der Waals surface area contributed by atoms with Crippen LogP contribution in [0.25, 0.3) is 11.5 Å². The fourth-order valence-electron chi connectivity index (χ4n) is 3.19. The van der Waals surface area contributed by atoms with E-state index in [2.05, 4.69) is 30.4 Å². The molecule has 1 aliphatic heterocycles. The average molecular weight is 368 g/mol. The number of β-amino-alcohol motifs (C(OH)–C–C–N with tert-alkyl or cyclic N) is 1. The van der Waals surface area contributed by atoms with Crippen LogP contribution in [-0.2, 0) is 6.54 Å². The molecule has 9 heteroatoms. The second-order valence-electron chi connectivity index (χ2n) is 6.50. The predicted molar refractivity (Wildman–Crippen MR) is 95.5 cm³/mol. The second-order valence-corrected chi connectivity index (χ2v) is 6.50.